The van der Waals surface area contributed by atoms with Gasteiger partial charge in [-0.15, -0.1) is 9.42 Å². The molecule has 202 valence electrons. The largest absolute Gasteiger partial charge is 0.695 e. The van der Waals surface area contributed by atoms with Crippen molar-refractivity contribution in [3.05, 3.63) is 48.5 Å². The maximum atomic E-state index is 15.5. The number of aromatic nitrogens is 4. The maximum Gasteiger partial charge on any atom is 0.695 e. The minimum absolute atomic E-state index is 0.0660. The summed E-state index contributed by atoms with van der Waals surface area (Å²) < 4.78 is 48.9. The van der Waals surface area contributed by atoms with Crippen LogP contribution in [0.3, 0.4) is 0 Å². The van der Waals surface area contributed by atoms with Crippen LogP contribution in [0.4, 0.5) is 10.2 Å². The molecule has 0 spiro atoms. The van der Waals surface area contributed by atoms with E-state index in [0.717, 1.165) is 12.5 Å². The number of amides is 1. The van der Waals surface area contributed by atoms with E-state index >= 15 is 4.39 Å². The van der Waals surface area contributed by atoms with E-state index in [1.165, 1.54) is 10.9 Å². The molecule has 0 saturated carbocycles. The molecule has 1 fully saturated rings. The number of imidazole rings is 1. The number of nitrogens with zero attached hydrogens (tertiary/aromatic N) is 4. The zero-order valence-corrected chi connectivity index (χ0v) is 22.0. The number of alkyl halides is 1. The van der Waals surface area contributed by atoms with Crippen molar-refractivity contribution in [3.8, 4) is 0 Å². The van der Waals surface area contributed by atoms with Gasteiger partial charge in [-0.2, -0.15) is 0 Å². The van der Waals surface area contributed by atoms with Crippen molar-refractivity contribution in [1.82, 2.24) is 19.5 Å². The summed E-state index contributed by atoms with van der Waals surface area (Å²) in [7, 11) is -3.22. The second kappa shape index (κ2) is 12.5. The molecule has 1 aliphatic heterocycles. The van der Waals surface area contributed by atoms with Crippen molar-refractivity contribution in [3.63, 3.8) is 0 Å². The smallest absolute Gasteiger partial charge is 0.346 e. The SMILES string of the molecule is N=CCCOP(O)(=S)OC[C@H]1O[C@@H](n2cnc3c(NC(=O)c4ccccc4)ncnc32)[C@H](F)[C@@H]1O[P+](=O)O. The van der Waals surface area contributed by atoms with Gasteiger partial charge in [0.1, 0.15) is 12.4 Å². The maximum absolute atomic E-state index is 15.5. The molecule has 1 aromatic carbocycles. The minimum Gasteiger partial charge on any atom is -0.346 e. The molecular formula is C20H22FN6O8P2S+. The Balaban J connectivity index is 1.55. The first-order chi connectivity index (χ1) is 18.2. The minimum atomic E-state index is -3.76. The zero-order chi connectivity index (χ0) is 27.3. The van der Waals surface area contributed by atoms with Crippen LogP contribution in [0, 0.1) is 5.41 Å². The Kier molecular flexibility index (Phi) is 9.31. The lowest BCUT2D eigenvalue weighted by atomic mass is 10.1. The molecule has 38 heavy (non-hydrogen) atoms. The summed E-state index contributed by atoms with van der Waals surface area (Å²) in [5.74, 6) is -0.370. The van der Waals surface area contributed by atoms with E-state index in [2.05, 4.69) is 20.3 Å². The second-order valence-corrected chi connectivity index (χ2v) is 11.3. The lowest BCUT2D eigenvalue weighted by Crippen LogP contribution is -2.32. The number of hydrogen-bond donors (Lipinski definition) is 4. The number of benzene rings is 1. The molecule has 2 aromatic heterocycles. The van der Waals surface area contributed by atoms with Gasteiger partial charge in [-0.05, 0) is 30.2 Å². The Labute approximate surface area is 220 Å². The predicted octanol–water partition coefficient (Wildman–Crippen LogP) is 2.64. The lowest BCUT2D eigenvalue weighted by molar-refractivity contribution is -0.0415. The average molecular weight is 587 g/mol. The number of nitrogens with one attached hydrogen (secondary N) is 2. The number of carbonyl (C=O) groups excluding carboxylic acids is 1. The third kappa shape index (κ3) is 6.67. The second-order valence-electron chi connectivity index (χ2n) is 7.77. The summed E-state index contributed by atoms with van der Waals surface area (Å²) in [4.78, 5) is 44.4. The Bertz CT molecular complexity index is 1370. The molecule has 4 rings (SSSR count). The number of carbonyl (C=O) groups is 1. The highest BCUT2D eigenvalue weighted by atomic mass is 32.5. The molecule has 1 amide bonds. The van der Waals surface area contributed by atoms with Crippen LogP contribution in [0.5, 0.6) is 0 Å². The van der Waals surface area contributed by atoms with Crippen LogP contribution < -0.4 is 5.32 Å². The molecule has 1 saturated heterocycles. The van der Waals surface area contributed by atoms with Gasteiger partial charge in [-0.25, -0.2) is 19.3 Å². The molecule has 18 heteroatoms. The van der Waals surface area contributed by atoms with Crippen LogP contribution in [0.1, 0.15) is 23.0 Å². The summed E-state index contributed by atoms with van der Waals surface area (Å²) in [5, 5.41) is 9.62. The first-order valence-corrected chi connectivity index (χ1v) is 14.7. The molecule has 3 aromatic rings. The normalized spacial score (nSPS) is 23.2. The number of fused-ring (bicyclic) bond motifs is 1. The molecular weight excluding hydrogens is 565 g/mol. The first-order valence-electron chi connectivity index (χ1n) is 11.0. The lowest BCUT2D eigenvalue weighted by Gasteiger charge is -2.19. The van der Waals surface area contributed by atoms with Gasteiger partial charge >= 0.3 is 15.0 Å². The van der Waals surface area contributed by atoms with Gasteiger partial charge in [-0.1, -0.05) is 18.2 Å². The Hall–Kier alpha value is -2.65. The van der Waals surface area contributed by atoms with Crippen molar-refractivity contribution < 1.29 is 41.8 Å². The van der Waals surface area contributed by atoms with Crippen molar-refractivity contribution in [2.45, 2.75) is 31.0 Å². The molecule has 14 nitrogen and oxygen atoms in total. The molecule has 0 radical (unpaired) electrons. The van der Waals surface area contributed by atoms with Crippen LogP contribution in [-0.4, -0.2) is 73.0 Å². The number of hydrogen-bond acceptors (Lipinski definition) is 11. The van der Waals surface area contributed by atoms with E-state index in [1.54, 1.807) is 30.3 Å². The van der Waals surface area contributed by atoms with Gasteiger partial charge in [0.15, 0.2) is 35.5 Å². The summed E-state index contributed by atoms with van der Waals surface area (Å²) in [6.45, 7) is -4.35. The predicted molar refractivity (Wildman–Crippen MR) is 135 cm³/mol. The summed E-state index contributed by atoms with van der Waals surface area (Å²) in [6.07, 6.45) is -2.68. The third-order valence-electron chi connectivity index (χ3n) is 5.30. The van der Waals surface area contributed by atoms with Gasteiger partial charge < -0.3 is 29.4 Å². The van der Waals surface area contributed by atoms with Crippen molar-refractivity contribution in [1.29, 1.82) is 5.41 Å². The monoisotopic (exact) mass is 587 g/mol. The van der Waals surface area contributed by atoms with E-state index in [-0.39, 0.29) is 30.0 Å². The molecule has 1 aliphatic rings. The highest BCUT2D eigenvalue weighted by Crippen LogP contribution is 2.46. The zero-order valence-electron chi connectivity index (χ0n) is 19.4. The molecule has 3 heterocycles. The summed E-state index contributed by atoms with van der Waals surface area (Å²) in [5.41, 5.74) is 0.629. The van der Waals surface area contributed by atoms with Gasteiger partial charge in [-0.3, -0.25) is 9.36 Å². The molecule has 2 unspecified atom stereocenters. The quantitative estimate of drug-likeness (QED) is 0.138. The van der Waals surface area contributed by atoms with Crippen molar-refractivity contribution >= 4 is 55.9 Å². The molecule has 4 N–H and O–H groups in total. The fraction of sp³-hybridized carbons (Fsp3) is 0.350. The highest BCUT2D eigenvalue weighted by molar-refractivity contribution is 8.07. The van der Waals surface area contributed by atoms with E-state index in [1.807, 2.05) is 0 Å². The van der Waals surface area contributed by atoms with Crippen LogP contribution in [0.25, 0.3) is 11.2 Å². The molecule has 0 aliphatic carbocycles. The fourth-order valence-electron chi connectivity index (χ4n) is 3.61. The van der Waals surface area contributed by atoms with E-state index < -0.39 is 52.1 Å². The van der Waals surface area contributed by atoms with E-state index in [9.17, 15) is 19.1 Å². The summed E-state index contributed by atoms with van der Waals surface area (Å²) >= 11 is 4.89. The van der Waals surface area contributed by atoms with Crippen molar-refractivity contribution in [2.75, 3.05) is 18.5 Å². The third-order valence-corrected chi connectivity index (χ3v) is 7.34. The number of halogens is 1. The van der Waals surface area contributed by atoms with Crippen molar-refractivity contribution in [2.24, 2.45) is 0 Å². The highest BCUT2D eigenvalue weighted by Gasteiger charge is 2.52. The van der Waals surface area contributed by atoms with Gasteiger partial charge in [0.05, 0.1) is 19.5 Å². The topological polar surface area (TPSA) is 191 Å². The Morgan fingerprint density at radius 1 is 1.32 bits per heavy atom. The van der Waals surface area contributed by atoms with Crippen LogP contribution >= 0.6 is 15.0 Å². The van der Waals surface area contributed by atoms with Gasteiger partial charge in [0.2, 0.25) is 0 Å². The van der Waals surface area contributed by atoms with E-state index in [4.69, 9.17) is 35.5 Å². The number of rotatable bonds is 12. The first kappa shape index (κ1) is 28.4. The average Bonchev–Trinajstić information content (AvgIpc) is 3.45. The number of ether oxygens (including phenoxy) is 1. The molecule has 6 atom stereocenters. The van der Waals surface area contributed by atoms with Crippen LogP contribution in [0.15, 0.2) is 43.0 Å². The summed E-state index contributed by atoms with van der Waals surface area (Å²) in [6, 6.07) is 8.40. The van der Waals surface area contributed by atoms with Gasteiger partial charge in [0.25, 0.3) is 5.91 Å². The van der Waals surface area contributed by atoms with Crippen LogP contribution in [0.2, 0.25) is 0 Å². The van der Waals surface area contributed by atoms with Crippen LogP contribution in [-0.2, 0) is 34.7 Å². The van der Waals surface area contributed by atoms with Gasteiger partial charge in [0, 0.05) is 16.5 Å². The molecule has 0 bridgehead atoms. The Morgan fingerprint density at radius 2 is 2.08 bits per heavy atom. The number of anilines is 1. The van der Waals surface area contributed by atoms with E-state index in [0.29, 0.717) is 5.56 Å². The fourth-order valence-corrected chi connectivity index (χ4v) is 5.23. The standard InChI is InChI=1S/C20H21FN6O8P2S/c21-14-16(35-36(29)30)13(9-33-37(31,38)32-8-4-7-22)34-20(14)27-11-25-15-17(23-10-24-18(15)27)26-19(28)12-5-2-1-3-6-12/h1-3,5-7,10-11,13-14,16,20,22H,4,8-9H2,(H2-,23,24,26,28,29,30,31,38)/p+1/t13-,14-,16-,20-,37?/m1/s1. The Morgan fingerprint density at radius 3 is 2.79 bits per heavy atom.